The third-order valence-corrected chi connectivity index (χ3v) is 3.33. The Labute approximate surface area is 112 Å². The molecular weight excluding hydrogens is 308 g/mol. The lowest BCUT2D eigenvalue weighted by atomic mass is 10.1. The fourth-order valence-electron chi connectivity index (χ4n) is 1.83. The van der Waals surface area contributed by atoms with E-state index >= 15 is 0 Å². The van der Waals surface area contributed by atoms with E-state index in [-0.39, 0.29) is 28.6 Å². The summed E-state index contributed by atoms with van der Waals surface area (Å²) >= 11 is 2.94. The smallest absolute Gasteiger partial charge is 0.227 e. The molecular formula is C12H12BrF2NO2. The zero-order valence-electron chi connectivity index (χ0n) is 9.51. The summed E-state index contributed by atoms with van der Waals surface area (Å²) in [5.41, 5.74) is -0.0359. The fraction of sp³-hybridized carbons (Fsp3) is 0.417. The second kappa shape index (κ2) is 5.75. The Hall–Kier alpha value is -1.01. The summed E-state index contributed by atoms with van der Waals surface area (Å²) in [5, 5.41) is 2.41. The topological polar surface area (TPSA) is 38.3 Å². The number of hydrogen-bond donors (Lipinski definition) is 1. The molecule has 1 amide bonds. The van der Waals surface area contributed by atoms with Crippen LogP contribution < -0.4 is 5.32 Å². The number of halogens is 3. The van der Waals surface area contributed by atoms with E-state index in [9.17, 15) is 13.6 Å². The molecule has 1 heterocycles. The van der Waals surface area contributed by atoms with Crippen LogP contribution in [0.4, 0.5) is 14.5 Å². The van der Waals surface area contributed by atoms with Gasteiger partial charge in [0.15, 0.2) is 0 Å². The van der Waals surface area contributed by atoms with Gasteiger partial charge in [0.05, 0.1) is 22.7 Å². The largest absolute Gasteiger partial charge is 0.378 e. The van der Waals surface area contributed by atoms with Gasteiger partial charge in [-0.3, -0.25) is 4.79 Å². The van der Waals surface area contributed by atoms with Crippen molar-refractivity contribution in [2.75, 3.05) is 11.9 Å². The summed E-state index contributed by atoms with van der Waals surface area (Å²) in [4.78, 5) is 11.7. The lowest BCUT2D eigenvalue weighted by Gasteiger charge is -2.10. The Balaban J connectivity index is 2.00. The highest BCUT2D eigenvalue weighted by Crippen LogP contribution is 2.24. The summed E-state index contributed by atoms with van der Waals surface area (Å²) in [7, 11) is 0. The number of amides is 1. The van der Waals surface area contributed by atoms with Crippen molar-refractivity contribution in [3.8, 4) is 0 Å². The van der Waals surface area contributed by atoms with Crippen LogP contribution in [0.5, 0.6) is 0 Å². The van der Waals surface area contributed by atoms with Gasteiger partial charge in [0, 0.05) is 12.7 Å². The van der Waals surface area contributed by atoms with Crippen LogP contribution in [-0.4, -0.2) is 18.6 Å². The van der Waals surface area contributed by atoms with Crippen molar-refractivity contribution in [3.63, 3.8) is 0 Å². The van der Waals surface area contributed by atoms with E-state index in [4.69, 9.17) is 4.74 Å². The van der Waals surface area contributed by atoms with Crippen LogP contribution in [-0.2, 0) is 9.53 Å². The molecule has 98 valence electrons. The Morgan fingerprint density at radius 1 is 1.44 bits per heavy atom. The molecule has 6 heteroatoms. The Morgan fingerprint density at radius 2 is 2.22 bits per heavy atom. The first-order chi connectivity index (χ1) is 8.56. The number of ether oxygens (including phenoxy) is 1. The van der Waals surface area contributed by atoms with Crippen molar-refractivity contribution >= 4 is 27.5 Å². The number of carbonyl (C=O) groups is 1. The average Bonchev–Trinajstić information content (AvgIpc) is 2.78. The number of hydrogen-bond acceptors (Lipinski definition) is 2. The zero-order chi connectivity index (χ0) is 13.1. The maximum atomic E-state index is 13.4. The number of rotatable bonds is 3. The third kappa shape index (κ3) is 3.26. The first-order valence-corrected chi connectivity index (χ1v) is 6.41. The SMILES string of the molecule is O=C(C[C@@H]1CCCO1)Nc1cc(Br)c(F)cc1F. The third-order valence-electron chi connectivity index (χ3n) is 2.72. The van der Waals surface area contributed by atoms with Crippen molar-refractivity contribution in [3.05, 3.63) is 28.2 Å². The van der Waals surface area contributed by atoms with Crippen LogP contribution in [0.15, 0.2) is 16.6 Å². The number of nitrogens with one attached hydrogen (secondary N) is 1. The molecule has 1 aliphatic heterocycles. The quantitative estimate of drug-likeness (QED) is 0.869. The summed E-state index contributed by atoms with van der Waals surface area (Å²) in [6, 6.07) is 1.93. The van der Waals surface area contributed by atoms with Crippen LogP contribution in [0.1, 0.15) is 19.3 Å². The molecule has 3 nitrogen and oxygen atoms in total. The molecule has 1 fully saturated rings. The van der Waals surface area contributed by atoms with Gasteiger partial charge in [-0.25, -0.2) is 8.78 Å². The molecule has 2 rings (SSSR count). The van der Waals surface area contributed by atoms with Crippen LogP contribution in [0.25, 0.3) is 0 Å². The predicted octanol–water partition coefficient (Wildman–Crippen LogP) is 3.23. The van der Waals surface area contributed by atoms with Crippen molar-refractivity contribution in [1.29, 1.82) is 0 Å². The van der Waals surface area contributed by atoms with E-state index in [1.807, 2.05) is 0 Å². The number of benzene rings is 1. The van der Waals surface area contributed by atoms with Gasteiger partial charge in [-0.2, -0.15) is 0 Å². The lowest BCUT2D eigenvalue weighted by molar-refractivity contribution is -0.118. The van der Waals surface area contributed by atoms with E-state index < -0.39 is 11.6 Å². The van der Waals surface area contributed by atoms with E-state index in [2.05, 4.69) is 21.2 Å². The van der Waals surface area contributed by atoms with Crippen molar-refractivity contribution < 1.29 is 18.3 Å². The van der Waals surface area contributed by atoms with Gasteiger partial charge < -0.3 is 10.1 Å². The Morgan fingerprint density at radius 3 is 2.89 bits per heavy atom. The van der Waals surface area contributed by atoms with Gasteiger partial charge in [-0.1, -0.05) is 0 Å². The van der Waals surface area contributed by atoms with Gasteiger partial charge in [0.25, 0.3) is 0 Å². The maximum absolute atomic E-state index is 13.4. The van der Waals surface area contributed by atoms with Gasteiger partial charge >= 0.3 is 0 Å². The predicted molar refractivity (Wildman–Crippen MR) is 66.3 cm³/mol. The molecule has 1 aliphatic rings. The molecule has 0 bridgehead atoms. The second-order valence-electron chi connectivity index (χ2n) is 4.13. The van der Waals surface area contributed by atoms with E-state index in [1.54, 1.807) is 0 Å². The first kappa shape index (κ1) is 13.4. The van der Waals surface area contributed by atoms with Gasteiger partial charge in [-0.05, 0) is 34.8 Å². The minimum absolute atomic E-state index is 0.0359. The van der Waals surface area contributed by atoms with Crippen molar-refractivity contribution in [2.45, 2.75) is 25.4 Å². The highest BCUT2D eigenvalue weighted by Gasteiger charge is 2.20. The fourth-order valence-corrected chi connectivity index (χ4v) is 2.18. The highest BCUT2D eigenvalue weighted by molar-refractivity contribution is 9.10. The van der Waals surface area contributed by atoms with E-state index in [1.165, 1.54) is 6.07 Å². The molecule has 1 atom stereocenters. The normalized spacial score (nSPS) is 18.9. The summed E-state index contributed by atoms with van der Waals surface area (Å²) in [6.07, 6.45) is 1.86. The Kier molecular flexibility index (Phi) is 4.29. The van der Waals surface area contributed by atoms with Crippen molar-refractivity contribution in [1.82, 2.24) is 0 Å². The van der Waals surface area contributed by atoms with E-state index in [0.29, 0.717) is 6.61 Å². The van der Waals surface area contributed by atoms with Crippen LogP contribution in [0.3, 0.4) is 0 Å². The van der Waals surface area contributed by atoms with Crippen LogP contribution in [0, 0.1) is 11.6 Å². The van der Waals surface area contributed by atoms with Gasteiger partial charge in [0.2, 0.25) is 5.91 Å². The van der Waals surface area contributed by atoms with E-state index in [0.717, 1.165) is 18.9 Å². The Bertz CT molecular complexity index is 462. The molecule has 0 saturated carbocycles. The summed E-state index contributed by atoms with van der Waals surface area (Å²) in [5.74, 6) is -1.83. The number of carbonyl (C=O) groups excluding carboxylic acids is 1. The minimum atomic E-state index is -0.795. The monoisotopic (exact) mass is 319 g/mol. The minimum Gasteiger partial charge on any atom is -0.378 e. The molecule has 1 saturated heterocycles. The van der Waals surface area contributed by atoms with Gasteiger partial charge in [0.1, 0.15) is 11.6 Å². The first-order valence-electron chi connectivity index (χ1n) is 5.62. The molecule has 0 spiro atoms. The average molecular weight is 320 g/mol. The number of anilines is 1. The van der Waals surface area contributed by atoms with Crippen molar-refractivity contribution in [2.24, 2.45) is 0 Å². The van der Waals surface area contributed by atoms with Gasteiger partial charge in [-0.15, -0.1) is 0 Å². The molecule has 0 aliphatic carbocycles. The molecule has 1 aromatic rings. The standard InChI is InChI=1S/C12H12BrF2NO2/c13-8-5-11(10(15)6-9(8)14)16-12(17)4-7-2-1-3-18-7/h5-7H,1-4H2,(H,16,17)/t7-/m0/s1. The molecule has 0 radical (unpaired) electrons. The molecule has 0 aromatic heterocycles. The maximum Gasteiger partial charge on any atom is 0.227 e. The summed E-state index contributed by atoms with van der Waals surface area (Å²) in [6.45, 7) is 0.661. The second-order valence-corrected chi connectivity index (χ2v) is 4.99. The van der Waals surface area contributed by atoms with Crippen LogP contribution >= 0.6 is 15.9 Å². The molecule has 1 N–H and O–H groups in total. The molecule has 1 aromatic carbocycles. The zero-order valence-corrected chi connectivity index (χ0v) is 11.1. The molecule has 18 heavy (non-hydrogen) atoms. The summed E-state index contributed by atoms with van der Waals surface area (Å²) < 4.78 is 31.8. The lowest BCUT2D eigenvalue weighted by Crippen LogP contribution is -2.19. The highest BCUT2D eigenvalue weighted by atomic mass is 79.9. The van der Waals surface area contributed by atoms with Crippen LogP contribution in [0.2, 0.25) is 0 Å². The molecule has 0 unspecified atom stereocenters.